The Kier molecular flexibility index (Phi) is 4.75. The van der Waals surface area contributed by atoms with Gasteiger partial charge >= 0.3 is 0 Å². The Labute approximate surface area is 147 Å². The molecule has 0 aliphatic heterocycles. The van der Waals surface area contributed by atoms with Gasteiger partial charge in [-0.3, -0.25) is 9.20 Å². The standard InChI is InChI=1S/C15H12Cl2N4OS/c1-9-5-6-10(16)14(13(9)17)18-12(22)8-23-15-20-19-11-4-2-3-7-21(11)15/h2-7H,8H2,1H3,(H,18,22). The summed E-state index contributed by atoms with van der Waals surface area (Å²) in [6.45, 7) is 1.85. The highest BCUT2D eigenvalue weighted by molar-refractivity contribution is 7.99. The number of fused-ring (bicyclic) bond motifs is 1. The van der Waals surface area contributed by atoms with Crippen molar-refractivity contribution in [1.82, 2.24) is 14.6 Å². The Hall–Kier alpha value is -1.76. The lowest BCUT2D eigenvalue weighted by atomic mass is 10.2. The van der Waals surface area contributed by atoms with E-state index in [2.05, 4.69) is 15.5 Å². The van der Waals surface area contributed by atoms with Crippen LogP contribution in [0.15, 0.2) is 41.7 Å². The van der Waals surface area contributed by atoms with Gasteiger partial charge in [0.25, 0.3) is 0 Å². The molecule has 1 aromatic carbocycles. The number of thioether (sulfide) groups is 1. The Morgan fingerprint density at radius 1 is 1.26 bits per heavy atom. The van der Waals surface area contributed by atoms with Gasteiger partial charge in [0.2, 0.25) is 5.91 Å². The number of hydrogen-bond donors (Lipinski definition) is 1. The highest BCUT2D eigenvalue weighted by Crippen LogP contribution is 2.33. The molecule has 0 radical (unpaired) electrons. The summed E-state index contributed by atoms with van der Waals surface area (Å²) in [5.74, 6) is -0.0342. The maximum Gasteiger partial charge on any atom is 0.234 e. The molecule has 0 unspecified atom stereocenters. The number of aryl methyl sites for hydroxylation is 1. The molecule has 23 heavy (non-hydrogen) atoms. The molecule has 0 bridgehead atoms. The maximum absolute atomic E-state index is 12.2. The van der Waals surface area contributed by atoms with Crippen LogP contribution in [0, 0.1) is 6.92 Å². The molecule has 1 N–H and O–H groups in total. The number of carbonyl (C=O) groups excluding carboxylic acids is 1. The Morgan fingerprint density at radius 2 is 2.09 bits per heavy atom. The summed E-state index contributed by atoms with van der Waals surface area (Å²) in [5.41, 5.74) is 2.02. The fourth-order valence-corrected chi connectivity index (χ4v) is 3.18. The van der Waals surface area contributed by atoms with Crippen molar-refractivity contribution < 1.29 is 4.79 Å². The van der Waals surface area contributed by atoms with Crippen LogP contribution in [0.2, 0.25) is 10.0 Å². The van der Waals surface area contributed by atoms with Crippen molar-refractivity contribution in [3.05, 3.63) is 52.1 Å². The zero-order valence-electron chi connectivity index (χ0n) is 12.1. The van der Waals surface area contributed by atoms with E-state index in [0.717, 1.165) is 11.2 Å². The molecular formula is C15H12Cl2N4OS. The average Bonchev–Trinajstić information content (AvgIpc) is 2.96. The molecule has 0 fully saturated rings. The normalized spacial score (nSPS) is 10.9. The van der Waals surface area contributed by atoms with Crippen LogP contribution in [0.5, 0.6) is 0 Å². The minimum Gasteiger partial charge on any atom is -0.323 e. The second-order valence-electron chi connectivity index (χ2n) is 4.80. The van der Waals surface area contributed by atoms with Gasteiger partial charge in [-0.15, -0.1) is 10.2 Å². The Balaban J connectivity index is 1.70. The lowest BCUT2D eigenvalue weighted by Gasteiger charge is -2.10. The van der Waals surface area contributed by atoms with E-state index in [9.17, 15) is 4.79 Å². The van der Waals surface area contributed by atoms with Gasteiger partial charge in [0.15, 0.2) is 10.8 Å². The molecule has 0 saturated heterocycles. The van der Waals surface area contributed by atoms with Gasteiger partial charge in [0.05, 0.1) is 21.5 Å². The lowest BCUT2D eigenvalue weighted by Crippen LogP contribution is -2.15. The molecule has 1 amide bonds. The molecule has 3 aromatic rings. The number of anilines is 1. The molecule has 0 spiro atoms. The summed E-state index contributed by atoms with van der Waals surface area (Å²) in [4.78, 5) is 12.2. The van der Waals surface area contributed by atoms with Crippen molar-refractivity contribution in [2.24, 2.45) is 0 Å². The van der Waals surface area contributed by atoms with E-state index in [1.54, 1.807) is 12.1 Å². The number of nitrogens with zero attached hydrogens (tertiary/aromatic N) is 3. The lowest BCUT2D eigenvalue weighted by molar-refractivity contribution is -0.113. The highest BCUT2D eigenvalue weighted by Gasteiger charge is 2.13. The molecule has 2 heterocycles. The number of hydrogen-bond acceptors (Lipinski definition) is 4. The van der Waals surface area contributed by atoms with Crippen LogP contribution < -0.4 is 5.32 Å². The van der Waals surface area contributed by atoms with E-state index < -0.39 is 0 Å². The second-order valence-corrected chi connectivity index (χ2v) is 6.53. The molecule has 0 aliphatic carbocycles. The third kappa shape index (κ3) is 3.44. The molecule has 0 aliphatic rings. The number of benzene rings is 1. The monoisotopic (exact) mass is 366 g/mol. The molecule has 5 nitrogen and oxygen atoms in total. The van der Waals surface area contributed by atoms with Crippen LogP contribution in [0.1, 0.15) is 5.56 Å². The molecule has 118 valence electrons. The van der Waals surface area contributed by atoms with Crippen LogP contribution in [-0.2, 0) is 4.79 Å². The van der Waals surface area contributed by atoms with Gasteiger partial charge in [0.1, 0.15) is 0 Å². The summed E-state index contributed by atoms with van der Waals surface area (Å²) in [7, 11) is 0. The molecule has 0 atom stereocenters. The first-order valence-corrected chi connectivity index (χ1v) is 8.47. The zero-order valence-corrected chi connectivity index (χ0v) is 14.4. The SMILES string of the molecule is Cc1ccc(Cl)c(NC(=O)CSc2nnc3ccccn23)c1Cl. The van der Waals surface area contributed by atoms with Gasteiger partial charge in [-0.05, 0) is 30.7 Å². The summed E-state index contributed by atoms with van der Waals surface area (Å²) in [5, 5.41) is 12.4. The summed E-state index contributed by atoms with van der Waals surface area (Å²) >= 11 is 13.6. The van der Waals surface area contributed by atoms with Gasteiger partial charge in [-0.25, -0.2) is 0 Å². The molecule has 8 heteroatoms. The maximum atomic E-state index is 12.2. The first kappa shape index (κ1) is 16.1. The predicted molar refractivity (Wildman–Crippen MR) is 93.5 cm³/mol. The molecule has 0 saturated carbocycles. The predicted octanol–water partition coefficient (Wildman–Crippen LogP) is 4.08. The summed E-state index contributed by atoms with van der Waals surface area (Å²) in [6.07, 6.45) is 1.85. The van der Waals surface area contributed by atoms with Crippen molar-refractivity contribution in [3.63, 3.8) is 0 Å². The summed E-state index contributed by atoms with van der Waals surface area (Å²) < 4.78 is 1.82. The van der Waals surface area contributed by atoms with E-state index in [0.29, 0.717) is 20.9 Å². The van der Waals surface area contributed by atoms with Gasteiger partial charge < -0.3 is 5.32 Å². The van der Waals surface area contributed by atoms with Crippen LogP contribution >= 0.6 is 35.0 Å². The van der Waals surface area contributed by atoms with Crippen molar-refractivity contribution in [2.75, 3.05) is 11.1 Å². The number of rotatable bonds is 4. The van der Waals surface area contributed by atoms with E-state index in [-0.39, 0.29) is 11.7 Å². The van der Waals surface area contributed by atoms with Gasteiger partial charge in [0, 0.05) is 6.20 Å². The fourth-order valence-electron chi connectivity index (χ4n) is 1.99. The topological polar surface area (TPSA) is 59.3 Å². The highest BCUT2D eigenvalue weighted by atomic mass is 35.5. The largest absolute Gasteiger partial charge is 0.323 e. The number of halogens is 2. The average molecular weight is 367 g/mol. The number of amides is 1. The number of aromatic nitrogens is 3. The van der Waals surface area contributed by atoms with Crippen LogP contribution in [-0.4, -0.2) is 26.3 Å². The Bertz CT molecular complexity index is 881. The first-order valence-electron chi connectivity index (χ1n) is 6.73. The third-order valence-corrected chi connectivity index (χ3v) is 4.91. The second kappa shape index (κ2) is 6.78. The minimum absolute atomic E-state index is 0.177. The quantitative estimate of drug-likeness (QED) is 0.706. The zero-order chi connectivity index (χ0) is 16.4. The van der Waals surface area contributed by atoms with Crippen molar-refractivity contribution >= 4 is 52.2 Å². The number of nitrogens with one attached hydrogen (secondary N) is 1. The third-order valence-electron chi connectivity index (χ3n) is 3.16. The van der Waals surface area contributed by atoms with Crippen LogP contribution in [0.25, 0.3) is 5.65 Å². The van der Waals surface area contributed by atoms with Crippen molar-refractivity contribution in [2.45, 2.75) is 12.1 Å². The minimum atomic E-state index is -0.211. The van der Waals surface area contributed by atoms with Gasteiger partial charge in [-0.2, -0.15) is 0 Å². The van der Waals surface area contributed by atoms with E-state index in [4.69, 9.17) is 23.2 Å². The van der Waals surface area contributed by atoms with Crippen molar-refractivity contribution in [3.8, 4) is 0 Å². The Morgan fingerprint density at radius 3 is 2.91 bits per heavy atom. The van der Waals surface area contributed by atoms with E-state index >= 15 is 0 Å². The summed E-state index contributed by atoms with van der Waals surface area (Å²) in [6, 6.07) is 9.12. The van der Waals surface area contributed by atoms with Gasteiger partial charge in [-0.1, -0.05) is 47.1 Å². The molecular weight excluding hydrogens is 355 g/mol. The molecule has 3 rings (SSSR count). The van der Waals surface area contributed by atoms with E-state index in [1.165, 1.54) is 11.8 Å². The van der Waals surface area contributed by atoms with Crippen molar-refractivity contribution in [1.29, 1.82) is 0 Å². The van der Waals surface area contributed by atoms with Crippen LogP contribution in [0.4, 0.5) is 5.69 Å². The van der Waals surface area contributed by atoms with E-state index in [1.807, 2.05) is 35.7 Å². The first-order chi connectivity index (χ1) is 11.1. The smallest absolute Gasteiger partial charge is 0.234 e. The number of carbonyl (C=O) groups is 1. The fraction of sp³-hybridized carbons (Fsp3) is 0.133. The van der Waals surface area contributed by atoms with Crippen LogP contribution in [0.3, 0.4) is 0 Å². The molecule has 2 aromatic heterocycles. The number of pyridine rings is 1.